The van der Waals surface area contributed by atoms with Crippen molar-refractivity contribution >= 4 is 17.5 Å². The molecule has 0 radical (unpaired) electrons. The van der Waals surface area contributed by atoms with Crippen molar-refractivity contribution in [1.29, 1.82) is 0 Å². The number of carbonyl (C=O) groups is 1. The lowest BCUT2D eigenvalue weighted by atomic mass is 9.50. The highest BCUT2D eigenvalue weighted by atomic mass is 35.5. The van der Waals surface area contributed by atoms with E-state index in [2.05, 4.69) is 55.9 Å². The van der Waals surface area contributed by atoms with Gasteiger partial charge in [0, 0.05) is 30.2 Å². The minimum Gasteiger partial charge on any atom is -0.508 e. The Balaban J connectivity index is 1.62. The maximum Gasteiger partial charge on any atom is 0.260 e. The van der Waals surface area contributed by atoms with Crippen LogP contribution in [-0.2, 0) is 11.8 Å². The normalized spacial score (nSPS) is 31.6. The summed E-state index contributed by atoms with van der Waals surface area (Å²) in [4.78, 5) is 31.2. The molecule has 212 valence electrons. The van der Waals surface area contributed by atoms with Gasteiger partial charge in [0.2, 0.25) is 0 Å². The highest BCUT2D eigenvalue weighted by Crippen LogP contribution is 2.68. The molecule has 3 N–H and O–H groups in total. The molecule has 5 unspecified atom stereocenters. The first kappa shape index (κ1) is 28.2. The smallest absolute Gasteiger partial charge is 0.260 e. The second-order valence-electron chi connectivity index (χ2n) is 12.6. The largest absolute Gasteiger partial charge is 0.508 e. The number of carbonyl (C=O) groups excluding carboxylic acids is 1. The number of amides is 1. The van der Waals surface area contributed by atoms with Crippen LogP contribution in [0.2, 0.25) is 5.02 Å². The lowest BCUT2D eigenvalue weighted by Crippen LogP contribution is -2.64. The Kier molecular flexibility index (Phi) is 7.66. The SMILES string of the molecule is CCc1ccc(O)cc1C12CCN(CC3CC3)C(C)C1(CC)C[C@H](C)C2C(C)NC(=O)c1cc(Cl)c[nH]c1=O. The number of nitrogens with one attached hydrogen (secondary N) is 2. The van der Waals surface area contributed by atoms with Gasteiger partial charge in [0.15, 0.2) is 0 Å². The van der Waals surface area contributed by atoms with Crippen LogP contribution in [-0.4, -0.2) is 46.1 Å². The summed E-state index contributed by atoms with van der Waals surface area (Å²) in [6.07, 6.45) is 8.05. The molecule has 2 aromatic rings. The number of aromatic hydroxyl groups is 1. The van der Waals surface area contributed by atoms with Gasteiger partial charge in [0.05, 0.1) is 5.02 Å². The van der Waals surface area contributed by atoms with E-state index in [1.807, 2.05) is 12.1 Å². The van der Waals surface area contributed by atoms with Crippen LogP contribution in [0.4, 0.5) is 0 Å². The number of H-pyrrole nitrogens is 1. The van der Waals surface area contributed by atoms with E-state index in [9.17, 15) is 14.7 Å². The number of phenolic OH excluding ortho intramolecular Hbond substituents is 1. The fraction of sp³-hybridized carbons (Fsp3) is 0.625. The molecule has 1 amide bonds. The van der Waals surface area contributed by atoms with Gasteiger partial charge in [0.25, 0.3) is 11.5 Å². The quantitative estimate of drug-likeness (QED) is 0.379. The minimum atomic E-state index is -0.440. The van der Waals surface area contributed by atoms with E-state index in [0.29, 0.717) is 22.7 Å². The third kappa shape index (κ3) is 4.61. The topological polar surface area (TPSA) is 85.4 Å². The Morgan fingerprint density at radius 2 is 2.00 bits per heavy atom. The van der Waals surface area contributed by atoms with Gasteiger partial charge < -0.3 is 15.4 Å². The second kappa shape index (κ2) is 10.6. The van der Waals surface area contributed by atoms with E-state index in [4.69, 9.17) is 11.6 Å². The summed E-state index contributed by atoms with van der Waals surface area (Å²) in [5, 5.41) is 14.4. The molecule has 1 saturated heterocycles. The number of halogens is 1. The number of rotatable bonds is 8. The molecule has 0 spiro atoms. The van der Waals surface area contributed by atoms with Crippen LogP contribution in [0.3, 0.4) is 0 Å². The Hall–Kier alpha value is -2.31. The summed E-state index contributed by atoms with van der Waals surface area (Å²) >= 11 is 6.12. The number of benzene rings is 1. The Morgan fingerprint density at radius 1 is 1.26 bits per heavy atom. The first-order valence-corrected chi connectivity index (χ1v) is 15.2. The molecule has 3 aliphatic rings. The van der Waals surface area contributed by atoms with E-state index in [0.717, 1.165) is 38.1 Å². The fourth-order valence-corrected chi connectivity index (χ4v) is 9.11. The molecule has 6 nitrogen and oxygen atoms in total. The minimum absolute atomic E-state index is 0.00550. The van der Waals surface area contributed by atoms with E-state index in [1.165, 1.54) is 42.8 Å². The molecule has 1 aromatic heterocycles. The summed E-state index contributed by atoms with van der Waals surface area (Å²) in [5.41, 5.74) is 1.89. The number of hydrogen-bond acceptors (Lipinski definition) is 4. The molecular weight excluding hydrogens is 510 g/mol. The first-order chi connectivity index (χ1) is 18.6. The molecule has 1 aliphatic heterocycles. The lowest BCUT2D eigenvalue weighted by molar-refractivity contribution is -0.0545. The summed E-state index contributed by atoms with van der Waals surface area (Å²) in [6, 6.07) is 7.56. The van der Waals surface area contributed by atoms with Gasteiger partial charge in [-0.15, -0.1) is 0 Å². The monoisotopic (exact) mass is 553 g/mol. The number of nitrogens with zero attached hydrogens (tertiary/aromatic N) is 1. The van der Waals surface area contributed by atoms with Crippen molar-refractivity contribution in [1.82, 2.24) is 15.2 Å². The Labute approximate surface area is 237 Å². The molecular formula is C32H44ClN3O3. The zero-order valence-electron chi connectivity index (χ0n) is 24.0. The second-order valence-corrected chi connectivity index (χ2v) is 13.0. The third-order valence-electron chi connectivity index (χ3n) is 10.7. The number of likely N-dealkylation sites (tertiary alicyclic amines) is 1. The zero-order chi connectivity index (χ0) is 28.1. The van der Waals surface area contributed by atoms with Crippen LogP contribution in [0, 0.1) is 23.2 Å². The summed E-state index contributed by atoms with van der Waals surface area (Å²) < 4.78 is 0. The number of fused-ring (bicyclic) bond motifs is 1. The number of aryl methyl sites for hydroxylation is 1. The van der Waals surface area contributed by atoms with Gasteiger partial charge >= 0.3 is 0 Å². The molecule has 6 atom stereocenters. The van der Waals surface area contributed by atoms with Gasteiger partial charge in [-0.3, -0.25) is 14.5 Å². The number of aromatic amines is 1. The van der Waals surface area contributed by atoms with Crippen molar-refractivity contribution in [2.45, 2.75) is 90.6 Å². The first-order valence-electron chi connectivity index (χ1n) is 14.8. The van der Waals surface area contributed by atoms with E-state index in [-0.39, 0.29) is 28.4 Å². The van der Waals surface area contributed by atoms with Crippen molar-refractivity contribution in [2.75, 3.05) is 13.1 Å². The maximum absolute atomic E-state index is 13.4. The van der Waals surface area contributed by atoms with Crippen LogP contribution >= 0.6 is 11.6 Å². The van der Waals surface area contributed by atoms with E-state index in [1.54, 1.807) is 0 Å². The molecule has 2 heterocycles. The summed E-state index contributed by atoms with van der Waals surface area (Å²) in [7, 11) is 0. The Bertz CT molecular complexity index is 1290. The maximum atomic E-state index is 13.4. The van der Waals surface area contributed by atoms with Crippen molar-refractivity contribution < 1.29 is 9.90 Å². The molecule has 2 saturated carbocycles. The molecule has 3 fully saturated rings. The van der Waals surface area contributed by atoms with Crippen molar-refractivity contribution in [3.8, 4) is 5.75 Å². The van der Waals surface area contributed by atoms with Gasteiger partial charge in [-0.2, -0.15) is 0 Å². The lowest BCUT2D eigenvalue weighted by Gasteiger charge is -2.60. The summed E-state index contributed by atoms with van der Waals surface area (Å²) in [6.45, 7) is 13.6. The van der Waals surface area contributed by atoms with Gasteiger partial charge in [-0.25, -0.2) is 0 Å². The predicted octanol–water partition coefficient (Wildman–Crippen LogP) is 5.91. The standard InChI is InChI=1S/C32H44ClN3O3/c1-6-23-10-11-25(37)15-27(23)32-12-13-36(18-22-8-9-22)21(5)31(32,7-2)16-19(3)28(32)20(4)35-30(39)26-14-24(33)17-34-29(26)38/h10-11,14-15,17,19-22,28,37H,6-9,12-13,16,18H2,1-5H3,(H,34,38)(H,35,39)/t19-,20?,21?,28?,31?,32?/m0/s1. The van der Waals surface area contributed by atoms with E-state index < -0.39 is 11.5 Å². The number of piperidine rings is 1. The average Bonchev–Trinajstić information content (AvgIpc) is 3.68. The van der Waals surface area contributed by atoms with Gasteiger partial charge in [-0.05, 0) is 111 Å². The van der Waals surface area contributed by atoms with Crippen LogP contribution in [0.25, 0.3) is 0 Å². The molecule has 39 heavy (non-hydrogen) atoms. The van der Waals surface area contributed by atoms with Crippen LogP contribution in [0.5, 0.6) is 5.75 Å². The Morgan fingerprint density at radius 3 is 2.67 bits per heavy atom. The molecule has 7 heteroatoms. The van der Waals surface area contributed by atoms with Crippen LogP contribution < -0.4 is 10.9 Å². The highest BCUT2D eigenvalue weighted by molar-refractivity contribution is 6.30. The van der Waals surface area contributed by atoms with Crippen molar-refractivity contribution in [3.05, 3.63) is 62.5 Å². The van der Waals surface area contributed by atoms with Gasteiger partial charge in [-0.1, -0.05) is 38.4 Å². The van der Waals surface area contributed by atoms with E-state index >= 15 is 0 Å². The average molecular weight is 554 g/mol. The predicted molar refractivity (Wildman–Crippen MR) is 157 cm³/mol. The van der Waals surface area contributed by atoms with Crippen molar-refractivity contribution in [3.63, 3.8) is 0 Å². The third-order valence-corrected chi connectivity index (χ3v) is 10.9. The van der Waals surface area contributed by atoms with Gasteiger partial charge in [0.1, 0.15) is 11.3 Å². The van der Waals surface area contributed by atoms with Crippen LogP contribution in [0.15, 0.2) is 35.3 Å². The molecule has 5 rings (SSSR count). The fourth-order valence-electron chi connectivity index (χ4n) is 8.95. The number of pyridine rings is 1. The zero-order valence-corrected chi connectivity index (χ0v) is 24.8. The molecule has 2 aliphatic carbocycles. The molecule has 0 bridgehead atoms. The summed E-state index contributed by atoms with van der Waals surface area (Å²) in [5.74, 6) is 1.21. The number of phenols is 1. The number of aromatic nitrogens is 1. The highest BCUT2D eigenvalue weighted by Gasteiger charge is 2.68. The van der Waals surface area contributed by atoms with Crippen LogP contribution in [0.1, 0.15) is 88.2 Å². The van der Waals surface area contributed by atoms with Crippen molar-refractivity contribution in [2.24, 2.45) is 23.2 Å². The number of hydrogen-bond donors (Lipinski definition) is 3. The molecule has 1 aromatic carbocycles.